The number of hydrogen-bond acceptors (Lipinski definition) is 4. The van der Waals surface area contributed by atoms with Crippen LogP contribution >= 0.6 is 35.4 Å². The Labute approximate surface area is 172 Å². The summed E-state index contributed by atoms with van der Waals surface area (Å²) in [6, 6.07) is 13.5. The lowest BCUT2D eigenvalue weighted by atomic mass is 10.1. The van der Waals surface area contributed by atoms with Gasteiger partial charge in [-0.1, -0.05) is 53.5 Å². The molecule has 0 bridgehead atoms. The summed E-state index contributed by atoms with van der Waals surface area (Å²) in [5.41, 5.74) is 0.928. The largest absolute Gasteiger partial charge is 0.506 e. The van der Waals surface area contributed by atoms with Crippen LogP contribution in [0, 0.1) is 0 Å². The van der Waals surface area contributed by atoms with Gasteiger partial charge < -0.3 is 15.2 Å². The molecule has 0 aliphatic rings. The SMILES string of the molecule is CCOC(=O)C(/C=N/C(=S)Nc1ccc(Cl)c(Cl)c1)=C(\O)c1ccccc1. The fourth-order valence-electron chi connectivity index (χ4n) is 2.02. The van der Waals surface area contributed by atoms with Crippen LogP contribution in [0.4, 0.5) is 5.69 Å². The highest BCUT2D eigenvalue weighted by Gasteiger charge is 2.16. The first kappa shape index (κ1) is 20.9. The lowest BCUT2D eigenvalue weighted by Crippen LogP contribution is -2.13. The zero-order valence-corrected chi connectivity index (χ0v) is 16.6. The second-order valence-corrected chi connectivity index (χ2v) is 6.37. The zero-order chi connectivity index (χ0) is 19.8. The van der Waals surface area contributed by atoms with Crippen molar-refractivity contribution in [3.8, 4) is 0 Å². The minimum atomic E-state index is -0.708. The molecule has 27 heavy (non-hydrogen) atoms. The number of anilines is 1. The maximum Gasteiger partial charge on any atom is 0.343 e. The van der Waals surface area contributed by atoms with Crippen LogP contribution in [0.2, 0.25) is 10.0 Å². The standard InChI is InChI=1S/C19H16Cl2N2O3S/c1-2-26-18(25)14(17(24)12-6-4-3-5-7-12)11-22-19(27)23-13-8-9-15(20)16(21)10-13/h3-11,24H,2H2,1H3,(H,23,27)/b17-14-,22-11+. The number of halogens is 2. The Morgan fingerprint density at radius 3 is 2.56 bits per heavy atom. The van der Waals surface area contributed by atoms with Crippen molar-refractivity contribution in [1.29, 1.82) is 0 Å². The van der Waals surface area contributed by atoms with E-state index in [9.17, 15) is 9.90 Å². The molecule has 0 radical (unpaired) electrons. The summed E-state index contributed by atoms with van der Waals surface area (Å²) in [5.74, 6) is -0.963. The van der Waals surface area contributed by atoms with E-state index < -0.39 is 5.97 Å². The summed E-state index contributed by atoms with van der Waals surface area (Å²) in [6.07, 6.45) is 1.16. The van der Waals surface area contributed by atoms with Crippen molar-refractivity contribution < 1.29 is 14.6 Å². The fraction of sp³-hybridized carbons (Fsp3) is 0.105. The average molecular weight is 423 g/mol. The van der Waals surface area contributed by atoms with Gasteiger partial charge in [-0.2, -0.15) is 0 Å². The molecule has 0 amide bonds. The van der Waals surface area contributed by atoms with Gasteiger partial charge in [-0.3, -0.25) is 0 Å². The number of aliphatic hydroxyl groups is 1. The molecule has 2 rings (SSSR count). The molecule has 2 aromatic carbocycles. The molecule has 0 unspecified atom stereocenters. The van der Waals surface area contributed by atoms with E-state index in [0.717, 1.165) is 6.21 Å². The maximum absolute atomic E-state index is 12.2. The molecule has 8 heteroatoms. The van der Waals surface area contributed by atoms with E-state index in [-0.39, 0.29) is 23.1 Å². The summed E-state index contributed by atoms with van der Waals surface area (Å²) in [4.78, 5) is 16.2. The third kappa shape index (κ3) is 6.06. The first-order chi connectivity index (χ1) is 12.9. The van der Waals surface area contributed by atoms with Crippen molar-refractivity contribution >= 4 is 64.2 Å². The number of carbonyl (C=O) groups is 1. The van der Waals surface area contributed by atoms with Crippen molar-refractivity contribution in [3.63, 3.8) is 0 Å². The number of carbonyl (C=O) groups excluding carboxylic acids is 1. The molecular weight excluding hydrogens is 407 g/mol. The third-order valence-corrected chi connectivity index (χ3v) is 4.23. The lowest BCUT2D eigenvalue weighted by Gasteiger charge is -2.08. The Kier molecular flexibility index (Phi) is 7.79. The Bertz CT molecular complexity index is 899. The molecular formula is C19H16Cl2N2O3S. The topological polar surface area (TPSA) is 70.9 Å². The maximum atomic E-state index is 12.2. The van der Waals surface area contributed by atoms with Crippen molar-refractivity contribution in [1.82, 2.24) is 0 Å². The smallest absolute Gasteiger partial charge is 0.343 e. The number of thiocarbonyl (C=S) groups is 1. The van der Waals surface area contributed by atoms with Crippen LogP contribution in [-0.4, -0.2) is 29.0 Å². The highest BCUT2D eigenvalue weighted by molar-refractivity contribution is 7.80. The van der Waals surface area contributed by atoms with E-state index in [1.54, 1.807) is 55.5 Å². The summed E-state index contributed by atoms with van der Waals surface area (Å²) in [5, 5.41) is 14.1. The molecule has 0 aliphatic carbocycles. The van der Waals surface area contributed by atoms with Crippen molar-refractivity contribution in [2.45, 2.75) is 6.92 Å². The van der Waals surface area contributed by atoms with Crippen LogP contribution in [0.25, 0.3) is 5.76 Å². The Morgan fingerprint density at radius 1 is 1.22 bits per heavy atom. The monoisotopic (exact) mass is 422 g/mol. The van der Waals surface area contributed by atoms with E-state index in [1.807, 2.05) is 0 Å². The fourth-order valence-corrected chi connectivity index (χ4v) is 2.49. The number of rotatable bonds is 5. The molecule has 2 N–H and O–H groups in total. The molecule has 5 nitrogen and oxygen atoms in total. The van der Waals surface area contributed by atoms with Crippen LogP contribution < -0.4 is 5.32 Å². The van der Waals surface area contributed by atoms with Crippen molar-refractivity contribution in [3.05, 3.63) is 69.7 Å². The number of hydrogen-bond donors (Lipinski definition) is 2. The molecule has 0 fully saturated rings. The normalized spacial score (nSPS) is 11.8. The molecule has 0 aromatic heterocycles. The predicted molar refractivity (Wildman–Crippen MR) is 114 cm³/mol. The van der Waals surface area contributed by atoms with E-state index >= 15 is 0 Å². The minimum absolute atomic E-state index is 0.0658. The summed E-state index contributed by atoms with van der Waals surface area (Å²) >= 11 is 17.0. The highest BCUT2D eigenvalue weighted by Crippen LogP contribution is 2.25. The van der Waals surface area contributed by atoms with Gasteiger partial charge >= 0.3 is 5.97 Å². The number of esters is 1. The van der Waals surface area contributed by atoms with Crippen LogP contribution in [0.1, 0.15) is 12.5 Å². The number of aliphatic imine (C=N–C) groups is 1. The molecule has 0 saturated carbocycles. The average Bonchev–Trinajstić information content (AvgIpc) is 2.65. The van der Waals surface area contributed by atoms with Gasteiger partial charge in [0.2, 0.25) is 0 Å². The zero-order valence-electron chi connectivity index (χ0n) is 14.3. The first-order valence-electron chi connectivity index (χ1n) is 7.88. The molecule has 0 saturated heterocycles. The van der Waals surface area contributed by atoms with Gasteiger partial charge in [0.1, 0.15) is 11.3 Å². The second kappa shape index (κ2) is 10.1. The number of aliphatic hydroxyl groups excluding tert-OH is 1. The first-order valence-corrected chi connectivity index (χ1v) is 9.04. The second-order valence-electron chi connectivity index (χ2n) is 5.17. The van der Waals surface area contributed by atoms with Crippen molar-refractivity contribution in [2.75, 3.05) is 11.9 Å². The number of benzene rings is 2. The van der Waals surface area contributed by atoms with E-state index in [4.69, 9.17) is 40.2 Å². The highest BCUT2D eigenvalue weighted by atomic mass is 35.5. The lowest BCUT2D eigenvalue weighted by molar-refractivity contribution is -0.137. The van der Waals surface area contributed by atoms with Crippen molar-refractivity contribution in [2.24, 2.45) is 4.99 Å². The minimum Gasteiger partial charge on any atom is -0.506 e. The van der Waals surface area contributed by atoms with Gasteiger partial charge in [-0.05, 0) is 37.3 Å². The number of nitrogens with zero attached hydrogens (tertiary/aromatic N) is 1. The third-order valence-electron chi connectivity index (χ3n) is 3.28. The molecule has 0 atom stereocenters. The van der Waals surface area contributed by atoms with Gasteiger partial charge in [0.25, 0.3) is 0 Å². The Morgan fingerprint density at radius 2 is 1.93 bits per heavy atom. The van der Waals surface area contributed by atoms with E-state index in [0.29, 0.717) is 21.3 Å². The van der Waals surface area contributed by atoms with Crippen LogP contribution in [0.15, 0.2) is 59.1 Å². The predicted octanol–water partition coefficient (Wildman–Crippen LogP) is 5.29. The summed E-state index contributed by atoms with van der Waals surface area (Å²) < 4.78 is 4.98. The van der Waals surface area contributed by atoms with Crippen LogP contribution in [0.5, 0.6) is 0 Å². The summed E-state index contributed by atoms with van der Waals surface area (Å²) in [6.45, 7) is 1.83. The molecule has 140 valence electrons. The van der Waals surface area contributed by atoms with E-state index in [2.05, 4.69) is 10.3 Å². The molecule has 2 aromatic rings. The number of nitrogens with one attached hydrogen (secondary N) is 1. The van der Waals surface area contributed by atoms with Gasteiger partial charge in [0.05, 0.1) is 16.7 Å². The van der Waals surface area contributed by atoms with Crippen LogP contribution in [0.3, 0.4) is 0 Å². The molecule has 0 spiro atoms. The Hall–Kier alpha value is -2.41. The summed E-state index contributed by atoms with van der Waals surface area (Å²) in [7, 11) is 0. The van der Waals surface area contributed by atoms with Gasteiger partial charge in [0.15, 0.2) is 5.11 Å². The van der Waals surface area contributed by atoms with Gasteiger partial charge in [-0.25, -0.2) is 9.79 Å². The van der Waals surface area contributed by atoms with Crippen LogP contribution in [-0.2, 0) is 9.53 Å². The molecule has 0 aliphatic heterocycles. The van der Waals surface area contributed by atoms with Gasteiger partial charge in [-0.15, -0.1) is 0 Å². The number of ether oxygens (including phenoxy) is 1. The molecule has 0 heterocycles. The quantitative estimate of drug-likeness (QED) is 0.225. The Balaban J connectivity index is 2.25. The van der Waals surface area contributed by atoms with Gasteiger partial charge in [0, 0.05) is 17.5 Å². The van der Waals surface area contributed by atoms with E-state index in [1.165, 1.54) is 0 Å².